The number of rotatable bonds is 2. The molecule has 1 amide bonds. The Kier molecular flexibility index (Phi) is 3.15. The van der Waals surface area contributed by atoms with Crippen LogP contribution in [0.4, 0.5) is 5.82 Å². The molecular weight excluding hydrogens is 272 g/mol. The van der Waals surface area contributed by atoms with Crippen LogP contribution in [0, 0.1) is 0 Å². The third-order valence-corrected chi connectivity index (χ3v) is 3.27. The highest BCUT2D eigenvalue weighted by molar-refractivity contribution is 7.80. The normalized spacial score (nSPS) is 10.7. The average Bonchev–Trinajstić information content (AvgIpc) is 2.84. The monoisotopic (exact) mass is 284 g/mol. The van der Waals surface area contributed by atoms with Crippen molar-refractivity contribution in [2.75, 3.05) is 5.32 Å². The predicted octanol–water partition coefficient (Wildman–Crippen LogP) is 2.51. The van der Waals surface area contributed by atoms with Crippen molar-refractivity contribution in [3.05, 3.63) is 48.3 Å². The van der Waals surface area contributed by atoms with Crippen LogP contribution in [0.2, 0.25) is 0 Å². The van der Waals surface area contributed by atoms with Crippen molar-refractivity contribution in [3.63, 3.8) is 0 Å². The van der Waals surface area contributed by atoms with Crippen LogP contribution >= 0.6 is 12.6 Å². The summed E-state index contributed by atoms with van der Waals surface area (Å²) in [6.45, 7) is 0. The van der Waals surface area contributed by atoms with Crippen LogP contribution in [0.5, 0.6) is 0 Å². The number of nitrogens with one attached hydrogen (secondary N) is 1. The number of anilines is 1. The first-order chi connectivity index (χ1) is 9.63. The van der Waals surface area contributed by atoms with Crippen molar-refractivity contribution in [1.29, 1.82) is 0 Å². The zero-order valence-corrected chi connectivity index (χ0v) is 11.6. The van der Waals surface area contributed by atoms with Crippen LogP contribution in [-0.2, 0) is 7.05 Å². The second kappa shape index (κ2) is 4.97. The molecule has 1 N–H and O–H groups in total. The number of hydrogen-bond donors (Lipinski definition) is 2. The van der Waals surface area contributed by atoms with Gasteiger partial charge in [-0.05, 0) is 12.1 Å². The molecule has 3 aromatic rings. The standard InChI is InChI=1S/C14H12N4OS/c1-18-6-5-12(17-18)16-14(19)10-7-9-3-2-4-11(20)13(9)15-8-10/h2-8,20H,1H3,(H,16,17,19). The topological polar surface area (TPSA) is 59.8 Å². The summed E-state index contributed by atoms with van der Waals surface area (Å²) in [5.74, 6) is 0.281. The van der Waals surface area contributed by atoms with Crippen molar-refractivity contribution >= 4 is 35.3 Å². The van der Waals surface area contributed by atoms with Crippen LogP contribution in [-0.4, -0.2) is 20.7 Å². The Balaban J connectivity index is 1.92. The molecule has 6 heteroatoms. The molecule has 0 fully saturated rings. The van der Waals surface area contributed by atoms with Gasteiger partial charge in [0, 0.05) is 35.8 Å². The van der Waals surface area contributed by atoms with E-state index in [1.54, 1.807) is 36.3 Å². The van der Waals surface area contributed by atoms with Gasteiger partial charge >= 0.3 is 0 Å². The van der Waals surface area contributed by atoms with E-state index in [0.717, 1.165) is 15.8 Å². The summed E-state index contributed by atoms with van der Waals surface area (Å²) in [6, 6.07) is 9.18. The van der Waals surface area contributed by atoms with Gasteiger partial charge in [-0.15, -0.1) is 12.6 Å². The summed E-state index contributed by atoms with van der Waals surface area (Å²) in [7, 11) is 1.79. The fourth-order valence-corrected chi connectivity index (χ4v) is 2.21. The quantitative estimate of drug-likeness (QED) is 0.711. The highest BCUT2D eigenvalue weighted by atomic mass is 32.1. The molecule has 0 saturated carbocycles. The number of fused-ring (bicyclic) bond motifs is 1. The maximum atomic E-state index is 12.1. The number of thiol groups is 1. The summed E-state index contributed by atoms with van der Waals surface area (Å²) in [6.07, 6.45) is 3.31. The number of nitrogens with zero attached hydrogens (tertiary/aromatic N) is 3. The second-order valence-electron chi connectivity index (χ2n) is 4.40. The number of hydrogen-bond acceptors (Lipinski definition) is 4. The molecule has 20 heavy (non-hydrogen) atoms. The van der Waals surface area contributed by atoms with Gasteiger partial charge in [-0.3, -0.25) is 14.5 Å². The van der Waals surface area contributed by atoms with Crippen LogP contribution < -0.4 is 5.32 Å². The number of amides is 1. The van der Waals surface area contributed by atoms with Gasteiger partial charge in [0.2, 0.25) is 0 Å². The molecule has 3 rings (SSSR count). The molecule has 5 nitrogen and oxygen atoms in total. The van der Waals surface area contributed by atoms with Crippen molar-refractivity contribution < 1.29 is 4.79 Å². The highest BCUT2D eigenvalue weighted by Crippen LogP contribution is 2.20. The van der Waals surface area contributed by atoms with E-state index in [2.05, 4.69) is 28.0 Å². The maximum absolute atomic E-state index is 12.1. The Hall–Kier alpha value is -2.34. The Labute approximate surface area is 121 Å². The summed E-state index contributed by atoms with van der Waals surface area (Å²) < 4.78 is 1.63. The molecule has 2 aromatic heterocycles. The van der Waals surface area contributed by atoms with Gasteiger partial charge in [0.15, 0.2) is 5.82 Å². The van der Waals surface area contributed by atoms with Gasteiger partial charge in [-0.25, -0.2) is 0 Å². The number of benzene rings is 1. The van der Waals surface area contributed by atoms with E-state index < -0.39 is 0 Å². The van der Waals surface area contributed by atoms with Crippen molar-refractivity contribution in [1.82, 2.24) is 14.8 Å². The third-order valence-electron chi connectivity index (χ3n) is 2.91. The number of para-hydroxylation sites is 1. The van der Waals surface area contributed by atoms with E-state index in [1.807, 2.05) is 18.2 Å². The molecule has 2 heterocycles. The molecule has 0 aliphatic rings. The first-order valence-corrected chi connectivity index (χ1v) is 6.47. The molecule has 0 radical (unpaired) electrons. The lowest BCUT2D eigenvalue weighted by atomic mass is 10.1. The first-order valence-electron chi connectivity index (χ1n) is 6.02. The van der Waals surface area contributed by atoms with Crippen LogP contribution in [0.3, 0.4) is 0 Å². The Morgan fingerprint density at radius 3 is 2.95 bits per heavy atom. The minimum Gasteiger partial charge on any atom is -0.305 e. The zero-order valence-electron chi connectivity index (χ0n) is 10.7. The summed E-state index contributed by atoms with van der Waals surface area (Å²) in [5.41, 5.74) is 1.27. The SMILES string of the molecule is Cn1ccc(NC(=O)c2cnc3c(S)cccc3c2)n1. The predicted molar refractivity (Wildman–Crippen MR) is 80.2 cm³/mol. The number of aryl methyl sites for hydroxylation is 1. The Morgan fingerprint density at radius 2 is 2.20 bits per heavy atom. The van der Waals surface area contributed by atoms with Crippen molar-refractivity contribution in [2.45, 2.75) is 4.90 Å². The molecule has 0 bridgehead atoms. The van der Waals surface area contributed by atoms with E-state index in [-0.39, 0.29) is 5.91 Å². The van der Waals surface area contributed by atoms with Crippen LogP contribution in [0.15, 0.2) is 47.6 Å². The van der Waals surface area contributed by atoms with Crippen molar-refractivity contribution in [2.24, 2.45) is 7.05 Å². The molecule has 1 aromatic carbocycles. The van der Waals surface area contributed by atoms with E-state index >= 15 is 0 Å². The Morgan fingerprint density at radius 1 is 1.35 bits per heavy atom. The molecule has 100 valence electrons. The van der Waals surface area contributed by atoms with Gasteiger partial charge in [0.05, 0.1) is 11.1 Å². The summed E-state index contributed by atoms with van der Waals surface area (Å²) >= 11 is 4.34. The van der Waals surface area contributed by atoms with E-state index in [4.69, 9.17) is 0 Å². The zero-order chi connectivity index (χ0) is 14.1. The molecule has 0 aliphatic carbocycles. The van der Waals surface area contributed by atoms with Gasteiger partial charge in [0.1, 0.15) is 0 Å². The number of carbonyl (C=O) groups is 1. The smallest absolute Gasteiger partial charge is 0.258 e. The minimum atomic E-state index is -0.234. The fraction of sp³-hybridized carbons (Fsp3) is 0.0714. The molecule has 0 spiro atoms. The van der Waals surface area contributed by atoms with Crippen LogP contribution in [0.25, 0.3) is 10.9 Å². The molecule has 0 atom stereocenters. The van der Waals surface area contributed by atoms with Gasteiger partial charge in [-0.2, -0.15) is 5.10 Å². The van der Waals surface area contributed by atoms with Gasteiger partial charge in [0.25, 0.3) is 5.91 Å². The first kappa shape index (κ1) is 12.7. The van der Waals surface area contributed by atoms with Crippen molar-refractivity contribution in [3.8, 4) is 0 Å². The summed E-state index contributed by atoms with van der Waals surface area (Å²) in [4.78, 5) is 17.2. The molecule has 0 aliphatic heterocycles. The number of aromatic nitrogens is 3. The van der Waals surface area contributed by atoms with Gasteiger partial charge < -0.3 is 5.32 Å². The Bertz CT molecular complexity index is 797. The largest absolute Gasteiger partial charge is 0.305 e. The molecular formula is C14H12N4OS. The summed E-state index contributed by atoms with van der Waals surface area (Å²) in [5, 5.41) is 7.71. The second-order valence-corrected chi connectivity index (χ2v) is 4.88. The lowest BCUT2D eigenvalue weighted by Crippen LogP contribution is -2.12. The molecule has 0 unspecified atom stereocenters. The number of pyridine rings is 1. The lowest BCUT2D eigenvalue weighted by Gasteiger charge is -2.04. The maximum Gasteiger partial charge on any atom is 0.258 e. The van der Waals surface area contributed by atoms with E-state index in [0.29, 0.717) is 11.4 Å². The molecule has 0 saturated heterocycles. The number of carbonyl (C=O) groups excluding carboxylic acids is 1. The minimum absolute atomic E-state index is 0.234. The van der Waals surface area contributed by atoms with Gasteiger partial charge in [-0.1, -0.05) is 12.1 Å². The van der Waals surface area contributed by atoms with E-state index in [9.17, 15) is 4.79 Å². The third kappa shape index (κ3) is 2.37. The van der Waals surface area contributed by atoms with E-state index in [1.165, 1.54) is 0 Å². The van der Waals surface area contributed by atoms with Crippen LogP contribution in [0.1, 0.15) is 10.4 Å². The highest BCUT2D eigenvalue weighted by Gasteiger charge is 2.09. The fourth-order valence-electron chi connectivity index (χ4n) is 1.94. The lowest BCUT2D eigenvalue weighted by molar-refractivity contribution is 0.102. The average molecular weight is 284 g/mol.